The Labute approximate surface area is 228 Å². The van der Waals surface area contributed by atoms with Crippen molar-refractivity contribution in [1.29, 1.82) is 0 Å². The molecule has 210 valence electrons. The van der Waals surface area contributed by atoms with Crippen molar-refractivity contribution >= 4 is 23.9 Å². The fourth-order valence-corrected chi connectivity index (χ4v) is 4.49. The molecule has 0 radical (unpaired) electrons. The predicted molar refractivity (Wildman–Crippen MR) is 143 cm³/mol. The fourth-order valence-electron chi connectivity index (χ4n) is 4.49. The molecule has 1 aliphatic heterocycles. The van der Waals surface area contributed by atoms with Crippen molar-refractivity contribution in [3.05, 3.63) is 71.8 Å². The SMILES string of the molecule is CCCCC[C@H](CC(=O)NOCc1ccccc1)C(=O)N1CCN(C(=O)O)[C@@H](C(=O)OCc2ccccc2)C1. The maximum atomic E-state index is 13.5. The summed E-state index contributed by atoms with van der Waals surface area (Å²) in [6, 6.07) is 17.3. The number of carboxylic acid groups (broad SMARTS) is 1. The minimum atomic E-state index is -1.25. The second-order valence-corrected chi connectivity index (χ2v) is 9.57. The molecule has 3 amide bonds. The van der Waals surface area contributed by atoms with E-state index in [1.807, 2.05) is 48.5 Å². The number of hydroxylamine groups is 1. The van der Waals surface area contributed by atoms with Crippen LogP contribution in [-0.2, 0) is 37.2 Å². The number of carbonyl (C=O) groups is 4. The van der Waals surface area contributed by atoms with Gasteiger partial charge in [-0.15, -0.1) is 0 Å². The molecule has 1 fully saturated rings. The normalized spacial score (nSPS) is 15.9. The Bertz CT molecular complexity index is 1080. The van der Waals surface area contributed by atoms with Crippen LogP contribution in [0.15, 0.2) is 60.7 Å². The summed E-state index contributed by atoms with van der Waals surface area (Å²) in [5.74, 6) is -2.03. The summed E-state index contributed by atoms with van der Waals surface area (Å²) >= 11 is 0. The number of esters is 1. The number of piperazine rings is 1. The smallest absolute Gasteiger partial charge is 0.408 e. The number of hydrogen-bond donors (Lipinski definition) is 2. The first-order chi connectivity index (χ1) is 18.9. The summed E-state index contributed by atoms with van der Waals surface area (Å²) in [5, 5.41) is 9.65. The minimum absolute atomic E-state index is 0.000371. The number of rotatable bonds is 13. The van der Waals surface area contributed by atoms with Gasteiger partial charge in [0.15, 0.2) is 6.04 Å². The van der Waals surface area contributed by atoms with Gasteiger partial charge in [0, 0.05) is 25.4 Å². The molecule has 0 unspecified atom stereocenters. The van der Waals surface area contributed by atoms with Crippen LogP contribution in [0.2, 0.25) is 0 Å². The third kappa shape index (κ3) is 9.40. The molecule has 0 saturated carbocycles. The molecule has 1 saturated heterocycles. The molecule has 0 aromatic heterocycles. The monoisotopic (exact) mass is 539 g/mol. The fraction of sp³-hybridized carbons (Fsp3) is 0.448. The van der Waals surface area contributed by atoms with E-state index in [1.54, 1.807) is 12.1 Å². The summed E-state index contributed by atoms with van der Waals surface area (Å²) < 4.78 is 5.40. The highest BCUT2D eigenvalue weighted by Gasteiger charge is 2.39. The number of benzene rings is 2. The van der Waals surface area contributed by atoms with Gasteiger partial charge in [0.25, 0.3) is 0 Å². The molecule has 10 nitrogen and oxygen atoms in total. The zero-order chi connectivity index (χ0) is 28.0. The van der Waals surface area contributed by atoms with Gasteiger partial charge >= 0.3 is 12.1 Å². The molecule has 39 heavy (non-hydrogen) atoms. The molecule has 2 aromatic rings. The van der Waals surface area contributed by atoms with Gasteiger partial charge < -0.3 is 14.7 Å². The third-order valence-electron chi connectivity index (χ3n) is 6.64. The highest BCUT2D eigenvalue weighted by Crippen LogP contribution is 2.21. The Hall–Kier alpha value is -3.92. The lowest BCUT2D eigenvalue weighted by atomic mass is 9.95. The Morgan fingerprint density at radius 3 is 2.21 bits per heavy atom. The second kappa shape index (κ2) is 15.5. The molecule has 0 spiro atoms. The molecule has 10 heteroatoms. The van der Waals surface area contributed by atoms with Crippen LogP contribution in [0.4, 0.5) is 4.79 Å². The Kier molecular flexibility index (Phi) is 11.8. The zero-order valence-electron chi connectivity index (χ0n) is 22.3. The summed E-state index contributed by atoms with van der Waals surface area (Å²) in [4.78, 5) is 58.7. The van der Waals surface area contributed by atoms with Crippen molar-refractivity contribution in [1.82, 2.24) is 15.3 Å². The number of ether oxygens (including phenoxy) is 1. The van der Waals surface area contributed by atoms with Gasteiger partial charge in [-0.25, -0.2) is 15.1 Å². The van der Waals surface area contributed by atoms with E-state index in [-0.39, 0.29) is 45.2 Å². The van der Waals surface area contributed by atoms with Crippen molar-refractivity contribution in [2.24, 2.45) is 5.92 Å². The summed E-state index contributed by atoms with van der Waals surface area (Å²) in [7, 11) is 0. The number of nitrogens with zero attached hydrogens (tertiary/aromatic N) is 2. The first kappa shape index (κ1) is 29.6. The third-order valence-corrected chi connectivity index (χ3v) is 6.64. The number of amides is 3. The van der Waals surface area contributed by atoms with E-state index in [9.17, 15) is 24.3 Å². The lowest BCUT2D eigenvalue weighted by Crippen LogP contribution is -2.60. The number of nitrogens with one attached hydrogen (secondary N) is 1. The largest absolute Gasteiger partial charge is 0.465 e. The highest BCUT2D eigenvalue weighted by atomic mass is 16.6. The van der Waals surface area contributed by atoms with Crippen LogP contribution in [0, 0.1) is 5.92 Å². The van der Waals surface area contributed by atoms with E-state index in [0.717, 1.165) is 35.3 Å². The van der Waals surface area contributed by atoms with Crippen LogP contribution in [0.5, 0.6) is 0 Å². The zero-order valence-corrected chi connectivity index (χ0v) is 22.3. The average Bonchev–Trinajstić information content (AvgIpc) is 2.96. The molecule has 2 aromatic carbocycles. The van der Waals surface area contributed by atoms with Crippen LogP contribution in [0.3, 0.4) is 0 Å². The summed E-state index contributed by atoms with van der Waals surface area (Å²) in [6.07, 6.45) is 1.82. The summed E-state index contributed by atoms with van der Waals surface area (Å²) in [5.41, 5.74) is 4.09. The van der Waals surface area contributed by atoms with Crippen LogP contribution in [0.1, 0.15) is 50.2 Å². The Balaban J connectivity index is 1.61. The van der Waals surface area contributed by atoms with Crippen molar-refractivity contribution in [2.45, 2.75) is 58.3 Å². The van der Waals surface area contributed by atoms with Crippen molar-refractivity contribution in [2.75, 3.05) is 19.6 Å². The van der Waals surface area contributed by atoms with Crippen molar-refractivity contribution < 1.29 is 33.9 Å². The molecule has 0 bridgehead atoms. The van der Waals surface area contributed by atoms with Gasteiger partial charge in [-0.1, -0.05) is 86.8 Å². The maximum Gasteiger partial charge on any atom is 0.408 e. The first-order valence-electron chi connectivity index (χ1n) is 13.3. The Morgan fingerprint density at radius 2 is 1.59 bits per heavy atom. The van der Waals surface area contributed by atoms with Crippen molar-refractivity contribution in [3.8, 4) is 0 Å². The predicted octanol–water partition coefficient (Wildman–Crippen LogP) is 3.76. The van der Waals surface area contributed by atoms with E-state index >= 15 is 0 Å². The standard InChI is InChI=1S/C29H37N3O7/c1-2-3-6-15-24(18-26(33)30-39-21-23-13-9-5-10-14-23)27(34)31-16-17-32(29(36)37)25(19-31)28(35)38-20-22-11-7-4-8-12-22/h4-5,7-14,24-25H,2-3,6,15-21H2,1H3,(H,30,33)(H,36,37)/t24-,25-/m1/s1. The van der Waals surface area contributed by atoms with Crippen molar-refractivity contribution in [3.63, 3.8) is 0 Å². The Morgan fingerprint density at radius 1 is 0.949 bits per heavy atom. The average molecular weight is 540 g/mol. The molecule has 2 atom stereocenters. The molecule has 0 aliphatic carbocycles. The van der Waals surface area contributed by atoms with Gasteiger partial charge in [-0.2, -0.15) is 0 Å². The van der Waals surface area contributed by atoms with Crippen LogP contribution in [0.25, 0.3) is 0 Å². The van der Waals surface area contributed by atoms with E-state index in [4.69, 9.17) is 9.57 Å². The molecule has 1 heterocycles. The van der Waals surface area contributed by atoms with E-state index in [1.165, 1.54) is 4.90 Å². The van der Waals surface area contributed by atoms with Crippen LogP contribution >= 0.6 is 0 Å². The molecule has 1 aliphatic rings. The maximum absolute atomic E-state index is 13.5. The van der Waals surface area contributed by atoms with Crippen LogP contribution in [-0.4, -0.2) is 64.5 Å². The lowest BCUT2D eigenvalue weighted by Gasteiger charge is -2.39. The van der Waals surface area contributed by atoms with Gasteiger partial charge in [0.05, 0.1) is 13.2 Å². The quantitative estimate of drug-likeness (QED) is 0.226. The number of unbranched alkanes of at least 4 members (excludes halogenated alkanes) is 2. The van der Waals surface area contributed by atoms with E-state index in [2.05, 4.69) is 12.4 Å². The van der Waals surface area contributed by atoms with Gasteiger partial charge in [0.1, 0.15) is 6.61 Å². The lowest BCUT2D eigenvalue weighted by molar-refractivity contribution is -0.156. The van der Waals surface area contributed by atoms with Gasteiger partial charge in [-0.3, -0.25) is 19.3 Å². The topological polar surface area (TPSA) is 125 Å². The molecular formula is C29H37N3O7. The van der Waals surface area contributed by atoms with Gasteiger partial charge in [0.2, 0.25) is 11.8 Å². The first-order valence-corrected chi connectivity index (χ1v) is 13.3. The number of hydrogen-bond acceptors (Lipinski definition) is 6. The second-order valence-electron chi connectivity index (χ2n) is 9.57. The molecule has 2 N–H and O–H groups in total. The summed E-state index contributed by atoms with van der Waals surface area (Å²) in [6.45, 7) is 2.22. The highest BCUT2D eigenvalue weighted by molar-refractivity contribution is 5.87. The van der Waals surface area contributed by atoms with Gasteiger partial charge in [-0.05, 0) is 17.5 Å². The minimum Gasteiger partial charge on any atom is -0.465 e. The van der Waals surface area contributed by atoms with E-state index < -0.39 is 29.9 Å². The van der Waals surface area contributed by atoms with Crippen LogP contribution < -0.4 is 5.48 Å². The molecule has 3 rings (SSSR count). The molecular weight excluding hydrogens is 502 g/mol. The number of carbonyl (C=O) groups excluding carboxylic acids is 3. The van der Waals surface area contributed by atoms with E-state index in [0.29, 0.717) is 6.42 Å².